The van der Waals surface area contributed by atoms with Gasteiger partial charge in [0.2, 0.25) is 0 Å². The van der Waals surface area contributed by atoms with Crippen molar-refractivity contribution < 1.29 is 24.2 Å². The maximum atomic E-state index is 12.8. The molecule has 1 aromatic heterocycles. The number of fused-ring (bicyclic) bond motifs is 1. The number of phenols is 1. The minimum atomic E-state index is -0.445. The van der Waals surface area contributed by atoms with Crippen LogP contribution < -0.4 is 10.1 Å². The molecule has 1 heterocycles. The number of H-pyrrole nitrogens is 1. The van der Waals surface area contributed by atoms with E-state index in [2.05, 4.69) is 10.3 Å². The number of aromatic hydroxyl groups is 1. The monoisotopic (exact) mass is 520 g/mol. The molecule has 5 rings (SSSR count). The first-order valence-electron chi connectivity index (χ1n) is 12.7. The minimum absolute atomic E-state index is 0.0841. The van der Waals surface area contributed by atoms with Gasteiger partial charge in [0.05, 0.1) is 12.2 Å². The average Bonchev–Trinajstić information content (AvgIpc) is 3.32. The van der Waals surface area contributed by atoms with Crippen molar-refractivity contribution in [3.63, 3.8) is 0 Å². The number of carbonyl (C=O) groups excluding carboxylic acids is 2. The van der Waals surface area contributed by atoms with Crippen LogP contribution in [0.25, 0.3) is 22.0 Å². The van der Waals surface area contributed by atoms with Crippen LogP contribution in [0.5, 0.6) is 17.2 Å². The molecule has 5 aromatic rings. The van der Waals surface area contributed by atoms with Gasteiger partial charge in [-0.25, -0.2) is 4.79 Å². The molecule has 0 aliphatic carbocycles. The van der Waals surface area contributed by atoms with Crippen molar-refractivity contribution in [2.24, 2.45) is 0 Å². The lowest BCUT2D eigenvalue weighted by atomic mass is 10.0. The zero-order valence-corrected chi connectivity index (χ0v) is 21.4. The number of benzene rings is 4. The van der Waals surface area contributed by atoms with E-state index in [1.165, 1.54) is 6.07 Å². The summed E-state index contributed by atoms with van der Waals surface area (Å²) in [6, 6.07) is 29.8. The maximum absolute atomic E-state index is 12.8. The number of nitrogens with one attached hydrogen (secondary N) is 2. The third-order valence-corrected chi connectivity index (χ3v) is 6.36. The fourth-order valence-corrected chi connectivity index (χ4v) is 4.47. The quantitative estimate of drug-likeness (QED) is 0.193. The Kier molecular flexibility index (Phi) is 7.59. The van der Waals surface area contributed by atoms with Crippen LogP contribution in [0.3, 0.4) is 0 Å². The lowest BCUT2D eigenvalue weighted by Gasteiger charge is -2.09. The fraction of sp³-hybridized carbons (Fsp3) is 0.125. The van der Waals surface area contributed by atoms with Crippen LogP contribution in [-0.2, 0) is 11.2 Å². The Labute approximate surface area is 226 Å². The van der Waals surface area contributed by atoms with Gasteiger partial charge >= 0.3 is 5.97 Å². The second-order valence-corrected chi connectivity index (χ2v) is 8.92. The Morgan fingerprint density at radius 2 is 1.54 bits per heavy atom. The molecule has 4 aromatic carbocycles. The average molecular weight is 521 g/mol. The first kappa shape index (κ1) is 25.6. The van der Waals surface area contributed by atoms with E-state index in [0.717, 1.165) is 39.1 Å². The maximum Gasteiger partial charge on any atom is 0.355 e. The highest BCUT2D eigenvalue weighted by molar-refractivity contribution is 6.00. The highest BCUT2D eigenvalue weighted by Crippen LogP contribution is 2.31. The van der Waals surface area contributed by atoms with E-state index in [-0.39, 0.29) is 30.4 Å². The van der Waals surface area contributed by atoms with E-state index in [0.29, 0.717) is 12.1 Å². The molecule has 0 spiro atoms. The summed E-state index contributed by atoms with van der Waals surface area (Å²) in [7, 11) is 0. The van der Waals surface area contributed by atoms with Crippen LogP contribution in [0.15, 0.2) is 97.1 Å². The zero-order chi connectivity index (χ0) is 27.2. The van der Waals surface area contributed by atoms with Crippen LogP contribution in [-0.4, -0.2) is 35.1 Å². The van der Waals surface area contributed by atoms with Crippen molar-refractivity contribution in [3.05, 3.63) is 114 Å². The molecule has 7 heteroatoms. The van der Waals surface area contributed by atoms with Crippen molar-refractivity contribution in [1.29, 1.82) is 0 Å². The number of amides is 1. The Bertz CT molecular complexity index is 1610. The summed E-state index contributed by atoms with van der Waals surface area (Å²) in [5.74, 6) is 0.589. The molecule has 0 unspecified atom stereocenters. The predicted molar refractivity (Wildman–Crippen MR) is 150 cm³/mol. The summed E-state index contributed by atoms with van der Waals surface area (Å²) in [4.78, 5) is 28.5. The van der Waals surface area contributed by atoms with Gasteiger partial charge in [0.15, 0.2) is 0 Å². The molecule has 0 bridgehead atoms. The van der Waals surface area contributed by atoms with E-state index < -0.39 is 5.97 Å². The first-order valence-corrected chi connectivity index (χ1v) is 12.7. The normalized spacial score (nSPS) is 10.8. The van der Waals surface area contributed by atoms with Gasteiger partial charge in [-0.3, -0.25) is 4.79 Å². The van der Waals surface area contributed by atoms with Gasteiger partial charge in [0.1, 0.15) is 22.9 Å². The van der Waals surface area contributed by atoms with Crippen LogP contribution >= 0.6 is 0 Å². The smallest absolute Gasteiger partial charge is 0.355 e. The van der Waals surface area contributed by atoms with Crippen molar-refractivity contribution in [2.75, 3.05) is 13.2 Å². The van der Waals surface area contributed by atoms with Gasteiger partial charge in [0, 0.05) is 17.4 Å². The number of ether oxygens (including phenoxy) is 2. The SMILES string of the molecule is CCOC(=O)c1[nH]c2ccc(-c3ccc(Oc4ccccc4)cc3)cc2c1CCNC(=O)c1ccccc1O. The predicted octanol–water partition coefficient (Wildman–Crippen LogP) is 6.48. The lowest BCUT2D eigenvalue weighted by molar-refractivity contribution is 0.0519. The number of hydrogen-bond acceptors (Lipinski definition) is 5. The first-order chi connectivity index (χ1) is 19.0. The number of aromatic amines is 1. The number of rotatable bonds is 9. The highest BCUT2D eigenvalue weighted by atomic mass is 16.5. The molecule has 39 heavy (non-hydrogen) atoms. The summed E-state index contributed by atoms with van der Waals surface area (Å²) >= 11 is 0. The van der Waals surface area contributed by atoms with Crippen LogP contribution in [0.4, 0.5) is 0 Å². The summed E-state index contributed by atoms with van der Waals surface area (Å²) < 4.78 is 11.2. The summed E-state index contributed by atoms with van der Waals surface area (Å²) in [5, 5.41) is 13.7. The molecular formula is C32H28N2O5. The number of phenolic OH excluding ortho intramolecular Hbond substituents is 1. The molecule has 0 saturated heterocycles. The van der Waals surface area contributed by atoms with Crippen molar-refractivity contribution in [2.45, 2.75) is 13.3 Å². The Hall–Kier alpha value is -5.04. The van der Waals surface area contributed by atoms with E-state index in [1.54, 1.807) is 25.1 Å². The van der Waals surface area contributed by atoms with Gasteiger partial charge in [0.25, 0.3) is 5.91 Å². The Morgan fingerprint density at radius 3 is 2.28 bits per heavy atom. The van der Waals surface area contributed by atoms with Crippen LogP contribution in [0.1, 0.15) is 33.3 Å². The summed E-state index contributed by atoms with van der Waals surface area (Å²) in [5.41, 5.74) is 4.09. The topological polar surface area (TPSA) is 101 Å². The standard InChI is InChI=1S/C32H28N2O5/c1-2-38-32(37)30-25(18-19-33-31(36)26-10-6-7-11-29(26)35)27-20-22(14-17-28(27)34-30)21-12-15-24(16-13-21)39-23-8-4-3-5-9-23/h3-17,20,34-35H,2,18-19H2,1H3,(H,33,36). The van der Waals surface area contributed by atoms with E-state index >= 15 is 0 Å². The molecule has 7 nitrogen and oxygen atoms in total. The third-order valence-electron chi connectivity index (χ3n) is 6.36. The molecule has 1 amide bonds. The number of aromatic nitrogens is 1. The lowest BCUT2D eigenvalue weighted by Crippen LogP contribution is -2.26. The molecule has 196 valence electrons. The highest BCUT2D eigenvalue weighted by Gasteiger charge is 2.20. The summed E-state index contributed by atoms with van der Waals surface area (Å²) in [6.45, 7) is 2.28. The van der Waals surface area contributed by atoms with E-state index in [1.807, 2.05) is 72.8 Å². The molecule has 3 N–H and O–H groups in total. The molecule has 0 aliphatic heterocycles. The fourth-order valence-electron chi connectivity index (χ4n) is 4.47. The van der Waals surface area contributed by atoms with Crippen molar-refractivity contribution in [1.82, 2.24) is 10.3 Å². The van der Waals surface area contributed by atoms with E-state index in [9.17, 15) is 14.7 Å². The molecule has 0 fully saturated rings. The second-order valence-electron chi connectivity index (χ2n) is 8.92. The van der Waals surface area contributed by atoms with Crippen molar-refractivity contribution in [3.8, 4) is 28.4 Å². The third kappa shape index (κ3) is 5.78. The molecule has 0 aliphatic rings. The van der Waals surface area contributed by atoms with Crippen LogP contribution in [0, 0.1) is 0 Å². The molecule has 0 atom stereocenters. The largest absolute Gasteiger partial charge is 0.507 e. The van der Waals surface area contributed by atoms with Gasteiger partial charge in [-0.1, -0.05) is 48.5 Å². The Morgan fingerprint density at radius 1 is 0.846 bits per heavy atom. The van der Waals surface area contributed by atoms with Crippen LogP contribution in [0.2, 0.25) is 0 Å². The van der Waals surface area contributed by atoms with Gasteiger partial charge in [-0.05, 0) is 78.6 Å². The minimum Gasteiger partial charge on any atom is -0.507 e. The van der Waals surface area contributed by atoms with Gasteiger partial charge in [-0.2, -0.15) is 0 Å². The number of hydrogen-bond donors (Lipinski definition) is 3. The Balaban J connectivity index is 1.40. The number of esters is 1. The number of para-hydroxylation sites is 2. The van der Waals surface area contributed by atoms with E-state index in [4.69, 9.17) is 9.47 Å². The molecule has 0 saturated carbocycles. The summed E-state index contributed by atoms with van der Waals surface area (Å²) in [6.07, 6.45) is 0.390. The molecule has 0 radical (unpaired) electrons. The van der Waals surface area contributed by atoms with Gasteiger partial charge in [-0.15, -0.1) is 0 Å². The molecular weight excluding hydrogens is 492 g/mol. The number of carbonyl (C=O) groups is 2. The van der Waals surface area contributed by atoms with Crippen molar-refractivity contribution >= 4 is 22.8 Å². The second kappa shape index (κ2) is 11.6. The van der Waals surface area contributed by atoms with Gasteiger partial charge < -0.3 is 24.9 Å². The zero-order valence-electron chi connectivity index (χ0n) is 21.4.